The van der Waals surface area contributed by atoms with E-state index in [0.29, 0.717) is 22.4 Å². The third kappa shape index (κ3) is 4.79. The molecule has 0 atom stereocenters. The molecule has 134 valence electrons. The van der Waals surface area contributed by atoms with Crippen molar-refractivity contribution in [3.63, 3.8) is 0 Å². The van der Waals surface area contributed by atoms with Crippen LogP contribution in [0.15, 0.2) is 78.9 Å². The van der Waals surface area contributed by atoms with E-state index < -0.39 is 5.97 Å². The van der Waals surface area contributed by atoms with Gasteiger partial charge in [-0.15, -0.1) is 0 Å². The average molecular weight is 356 g/mol. The number of para-hydroxylation sites is 1. The lowest BCUT2D eigenvalue weighted by molar-refractivity contribution is 0.0734. The summed E-state index contributed by atoms with van der Waals surface area (Å²) in [6.07, 6.45) is 3.16. The molecule has 0 aliphatic carbocycles. The van der Waals surface area contributed by atoms with Crippen molar-refractivity contribution in [2.24, 2.45) is 0 Å². The van der Waals surface area contributed by atoms with Gasteiger partial charge in [-0.05, 0) is 44.2 Å². The quantitative estimate of drug-likeness (QED) is 0.265. The fourth-order valence-electron chi connectivity index (χ4n) is 2.54. The number of ether oxygens (including phenoxy) is 1. The molecular weight excluding hydrogens is 336 g/mol. The Kier molecular flexibility index (Phi) is 5.62. The Bertz CT molecular complexity index is 981. The van der Waals surface area contributed by atoms with Gasteiger partial charge in [-0.3, -0.25) is 4.79 Å². The van der Waals surface area contributed by atoms with E-state index >= 15 is 0 Å². The lowest BCUT2D eigenvalue weighted by Crippen LogP contribution is -2.09. The average Bonchev–Trinajstić information content (AvgIpc) is 2.68. The Balaban J connectivity index is 1.77. The SMILES string of the molecule is Cc1ccc(C(=O)/C=C/c2ccccc2OC(=O)c2ccc(C)cc2)cc1. The first-order valence-electron chi connectivity index (χ1n) is 8.70. The molecule has 3 aromatic rings. The third-order valence-corrected chi connectivity index (χ3v) is 4.16. The van der Waals surface area contributed by atoms with Gasteiger partial charge in [-0.1, -0.05) is 65.7 Å². The second-order valence-electron chi connectivity index (χ2n) is 6.36. The first kappa shape index (κ1) is 18.3. The second kappa shape index (κ2) is 8.28. The van der Waals surface area contributed by atoms with Crippen molar-refractivity contribution in [3.8, 4) is 5.75 Å². The van der Waals surface area contributed by atoms with Crippen LogP contribution in [0.5, 0.6) is 5.75 Å². The molecule has 3 aromatic carbocycles. The molecule has 0 aromatic heterocycles. The summed E-state index contributed by atoms with van der Waals surface area (Å²) >= 11 is 0. The van der Waals surface area contributed by atoms with Crippen molar-refractivity contribution in [2.45, 2.75) is 13.8 Å². The molecule has 0 spiro atoms. The Morgan fingerprint density at radius 2 is 1.30 bits per heavy atom. The minimum absolute atomic E-state index is 0.102. The summed E-state index contributed by atoms with van der Waals surface area (Å²) in [5, 5.41) is 0. The first-order chi connectivity index (χ1) is 13.0. The minimum Gasteiger partial charge on any atom is -0.422 e. The molecule has 0 heterocycles. The van der Waals surface area contributed by atoms with Gasteiger partial charge in [0.1, 0.15) is 5.75 Å². The number of esters is 1. The number of rotatable bonds is 5. The maximum Gasteiger partial charge on any atom is 0.343 e. The number of allylic oxidation sites excluding steroid dienone is 1. The lowest BCUT2D eigenvalue weighted by Gasteiger charge is -2.07. The molecule has 3 heteroatoms. The van der Waals surface area contributed by atoms with Crippen LogP contribution < -0.4 is 4.74 Å². The number of carbonyl (C=O) groups excluding carboxylic acids is 2. The fraction of sp³-hybridized carbons (Fsp3) is 0.0833. The molecule has 0 radical (unpaired) electrons. The molecule has 3 nitrogen and oxygen atoms in total. The maximum absolute atomic E-state index is 12.4. The highest BCUT2D eigenvalue weighted by molar-refractivity contribution is 6.07. The Morgan fingerprint density at radius 1 is 0.741 bits per heavy atom. The molecule has 3 rings (SSSR count). The zero-order valence-corrected chi connectivity index (χ0v) is 15.3. The number of benzene rings is 3. The predicted octanol–water partition coefficient (Wildman–Crippen LogP) is 5.42. The minimum atomic E-state index is -0.430. The number of carbonyl (C=O) groups is 2. The highest BCUT2D eigenvalue weighted by atomic mass is 16.5. The molecule has 27 heavy (non-hydrogen) atoms. The van der Waals surface area contributed by atoms with Crippen molar-refractivity contribution < 1.29 is 14.3 Å². The summed E-state index contributed by atoms with van der Waals surface area (Å²) in [4.78, 5) is 24.7. The van der Waals surface area contributed by atoms with Crippen LogP contribution in [0.1, 0.15) is 37.4 Å². The summed E-state index contributed by atoms with van der Waals surface area (Å²) in [7, 11) is 0. The zero-order valence-electron chi connectivity index (χ0n) is 15.3. The van der Waals surface area contributed by atoms with Crippen molar-refractivity contribution in [1.82, 2.24) is 0 Å². The van der Waals surface area contributed by atoms with Crippen molar-refractivity contribution in [3.05, 3.63) is 107 Å². The predicted molar refractivity (Wildman–Crippen MR) is 107 cm³/mol. The van der Waals surface area contributed by atoms with Gasteiger partial charge in [-0.2, -0.15) is 0 Å². The number of aryl methyl sites for hydroxylation is 2. The Morgan fingerprint density at radius 3 is 1.93 bits per heavy atom. The van der Waals surface area contributed by atoms with Crippen LogP contribution in [0.25, 0.3) is 6.08 Å². The van der Waals surface area contributed by atoms with Gasteiger partial charge in [0.05, 0.1) is 5.56 Å². The van der Waals surface area contributed by atoms with E-state index in [2.05, 4.69) is 0 Å². The van der Waals surface area contributed by atoms with Crippen LogP contribution >= 0.6 is 0 Å². The van der Waals surface area contributed by atoms with E-state index in [1.54, 1.807) is 48.5 Å². The van der Waals surface area contributed by atoms with Gasteiger partial charge in [-0.25, -0.2) is 4.79 Å². The molecule has 0 aliphatic rings. The smallest absolute Gasteiger partial charge is 0.343 e. The van der Waals surface area contributed by atoms with E-state index in [1.807, 2.05) is 44.2 Å². The third-order valence-electron chi connectivity index (χ3n) is 4.16. The Hall–Kier alpha value is -3.46. The van der Waals surface area contributed by atoms with Gasteiger partial charge in [0.15, 0.2) is 5.78 Å². The maximum atomic E-state index is 12.4. The van der Waals surface area contributed by atoms with E-state index in [1.165, 1.54) is 6.08 Å². The lowest BCUT2D eigenvalue weighted by atomic mass is 10.1. The summed E-state index contributed by atoms with van der Waals surface area (Å²) in [5.41, 5.74) is 3.94. The molecule has 0 N–H and O–H groups in total. The second-order valence-corrected chi connectivity index (χ2v) is 6.36. The van der Waals surface area contributed by atoms with Crippen LogP contribution in [-0.4, -0.2) is 11.8 Å². The highest BCUT2D eigenvalue weighted by Crippen LogP contribution is 2.21. The first-order valence-corrected chi connectivity index (χ1v) is 8.70. The molecule has 0 saturated carbocycles. The zero-order chi connectivity index (χ0) is 19.2. The fourth-order valence-corrected chi connectivity index (χ4v) is 2.54. The summed E-state index contributed by atoms with van der Waals surface area (Å²) in [5.74, 6) is -0.119. The summed E-state index contributed by atoms with van der Waals surface area (Å²) in [6, 6.07) is 21.7. The molecule has 0 bridgehead atoms. The van der Waals surface area contributed by atoms with Crippen LogP contribution in [0.3, 0.4) is 0 Å². The molecule has 0 unspecified atom stereocenters. The molecule has 0 aliphatic heterocycles. The summed E-state index contributed by atoms with van der Waals surface area (Å²) < 4.78 is 5.52. The van der Waals surface area contributed by atoms with Crippen LogP contribution in [-0.2, 0) is 0 Å². The van der Waals surface area contributed by atoms with Crippen molar-refractivity contribution in [1.29, 1.82) is 0 Å². The standard InChI is InChI=1S/C24H20O3/c1-17-7-11-19(12-8-17)22(25)16-15-20-5-3-4-6-23(20)27-24(26)21-13-9-18(2)10-14-21/h3-16H,1-2H3/b16-15+. The van der Waals surface area contributed by atoms with Crippen LogP contribution in [0.2, 0.25) is 0 Å². The molecular formula is C24H20O3. The van der Waals surface area contributed by atoms with Gasteiger partial charge < -0.3 is 4.74 Å². The number of hydrogen-bond donors (Lipinski definition) is 0. The van der Waals surface area contributed by atoms with Crippen LogP contribution in [0.4, 0.5) is 0 Å². The summed E-state index contributed by atoms with van der Waals surface area (Å²) in [6.45, 7) is 3.93. The largest absolute Gasteiger partial charge is 0.422 e. The van der Waals surface area contributed by atoms with E-state index in [-0.39, 0.29) is 5.78 Å². The monoisotopic (exact) mass is 356 g/mol. The van der Waals surface area contributed by atoms with E-state index in [9.17, 15) is 9.59 Å². The normalized spacial score (nSPS) is 10.7. The van der Waals surface area contributed by atoms with Gasteiger partial charge in [0.25, 0.3) is 0 Å². The number of ketones is 1. The Labute approximate surface area is 158 Å². The number of hydrogen-bond acceptors (Lipinski definition) is 3. The molecule has 0 saturated heterocycles. The molecule has 0 amide bonds. The van der Waals surface area contributed by atoms with Gasteiger partial charge >= 0.3 is 5.97 Å². The molecule has 0 fully saturated rings. The van der Waals surface area contributed by atoms with Crippen molar-refractivity contribution >= 4 is 17.8 Å². The topological polar surface area (TPSA) is 43.4 Å². The van der Waals surface area contributed by atoms with E-state index in [0.717, 1.165) is 11.1 Å². The van der Waals surface area contributed by atoms with Gasteiger partial charge in [0.2, 0.25) is 0 Å². The van der Waals surface area contributed by atoms with Crippen LogP contribution in [0, 0.1) is 13.8 Å². The van der Waals surface area contributed by atoms with E-state index in [4.69, 9.17) is 4.74 Å². The highest BCUT2D eigenvalue weighted by Gasteiger charge is 2.10. The van der Waals surface area contributed by atoms with Crippen molar-refractivity contribution in [2.75, 3.05) is 0 Å². The van der Waals surface area contributed by atoms with Gasteiger partial charge in [0, 0.05) is 11.1 Å².